The number of hydrogen-bond acceptors (Lipinski definition) is 3. The van der Waals surface area contributed by atoms with Gasteiger partial charge < -0.3 is 5.32 Å². The van der Waals surface area contributed by atoms with Crippen molar-refractivity contribution in [3.05, 3.63) is 57.7 Å². The van der Waals surface area contributed by atoms with Gasteiger partial charge in [0.15, 0.2) is 0 Å². The summed E-state index contributed by atoms with van der Waals surface area (Å²) in [6.45, 7) is 0.868. The lowest BCUT2D eigenvalue weighted by Crippen LogP contribution is -2.13. The summed E-state index contributed by atoms with van der Waals surface area (Å²) < 4.78 is 28.2. The lowest BCUT2D eigenvalue weighted by atomic mass is 10.1. The van der Waals surface area contributed by atoms with E-state index in [1.165, 1.54) is 0 Å². The molecule has 0 aliphatic rings. The first-order chi connectivity index (χ1) is 10.0. The molecule has 2 rings (SSSR count). The lowest BCUT2D eigenvalue weighted by molar-refractivity contribution is 0.601. The summed E-state index contributed by atoms with van der Waals surface area (Å²) in [7, 11) is -1.64. The minimum absolute atomic E-state index is 0.272. The van der Waals surface area contributed by atoms with Crippen molar-refractivity contribution in [3.63, 3.8) is 0 Å². The van der Waals surface area contributed by atoms with E-state index in [0.29, 0.717) is 5.69 Å². The first-order valence-electron chi connectivity index (χ1n) is 6.53. The number of halogens is 1. The first kappa shape index (κ1) is 16.3. The molecular formula is C15H17IN2O2S. The minimum atomic E-state index is -3.53. The van der Waals surface area contributed by atoms with E-state index in [0.717, 1.165) is 22.1 Å². The summed E-state index contributed by atoms with van der Waals surface area (Å²) in [6, 6.07) is 14.2. The third kappa shape index (κ3) is 4.69. The fourth-order valence-electron chi connectivity index (χ4n) is 1.84. The summed E-state index contributed by atoms with van der Waals surface area (Å²) >= 11 is 2.18. The minimum Gasteiger partial charge on any atom is -0.319 e. The van der Waals surface area contributed by atoms with Crippen LogP contribution in [0.15, 0.2) is 53.4 Å². The standard InChI is InChI=1S/C15H17IN2O2S/c1-17-11-10-12-2-8-15(9-3-12)21(19,20)18-14-6-4-13(16)5-7-14/h2-9,17-18H,10-11H2,1H3. The molecule has 0 heterocycles. The molecule has 0 bridgehead atoms. The van der Waals surface area contributed by atoms with Crippen LogP contribution in [0.4, 0.5) is 5.69 Å². The molecule has 0 unspecified atom stereocenters. The third-order valence-electron chi connectivity index (χ3n) is 2.99. The van der Waals surface area contributed by atoms with Crippen molar-refractivity contribution in [3.8, 4) is 0 Å². The Bertz CT molecular complexity index is 683. The van der Waals surface area contributed by atoms with Crippen LogP contribution in [-0.4, -0.2) is 22.0 Å². The Labute approximate surface area is 139 Å². The largest absolute Gasteiger partial charge is 0.319 e. The predicted octanol–water partition coefficient (Wildman–Crippen LogP) is 2.85. The van der Waals surface area contributed by atoms with E-state index in [9.17, 15) is 8.42 Å². The van der Waals surface area contributed by atoms with Crippen LogP contribution in [0.3, 0.4) is 0 Å². The molecule has 2 aromatic rings. The van der Waals surface area contributed by atoms with Gasteiger partial charge in [0.25, 0.3) is 10.0 Å². The van der Waals surface area contributed by atoms with Gasteiger partial charge in [-0.05, 0) is 84.6 Å². The van der Waals surface area contributed by atoms with E-state index in [4.69, 9.17) is 0 Å². The normalized spacial score (nSPS) is 11.3. The predicted molar refractivity (Wildman–Crippen MR) is 94.0 cm³/mol. The number of anilines is 1. The molecule has 0 aliphatic heterocycles. The van der Waals surface area contributed by atoms with Gasteiger partial charge in [-0.25, -0.2) is 8.42 Å². The zero-order valence-electron chi connectivity index (χ0n) is 11.6. The number of rotatable bonds is 6. The molecule has 0 aliphatic carbocycles. The molecule has 112 valence electrons. The average molecular weight is 416 g/mol. The molecule has 0 saturated heterocycles. The van der Waals surface area contributed by atoms with Crippen LogP contribution in [0.5, 0.6) is 0 Å². The van der Waals surface area contributed by atoms with E-state index in [-0.39, 0.29) is 4.90 Å². The van der Waals surface area contributed by atoms with Crippen molar-refractivity contribution in [2.45, 2.75) is 11.3 Å². The fourth-order valence-corrected chi connectivity index (χ4v) is 3.25. The molecule has 0 amide bonds. The van der Waals surface area contributed by atoms with Crippen LogP contribution in [-0.2, 0) is 16.4 Å². The molecule has 0 atom stereocenters. The lowest BCUT2D eigenvalue weighted by Gasteiger charge is -2.09. The van der Waals surface area contributed by atoms with Gasteiger partial charge in [-0.2, -0.15) is 0 Å². The fraction of sp³-hybridized carbons (Fsp3) is 0.200. The summed E-state index contributed by atoms with van der Waals surface area (Å²) in [4.78, 5) is 0.272. The SMILES string of the molecule is CNCCc1ccc(S(=O)(=O)Nc2ccc(I)cc2)cc1. The maximum absolute atomic E-state index is 12.3. The van der Waals surface area contributed by atoms with Gasteiger partial charge in [-0.15, -0.1) is 0 Å². The highest BCUT2D eigenvalue weighted by atomic mass is 127. The second kappa shape index (κ2) is 7.24. The second-order valence-corrected chi connectivity index (χ2v) is 7.54. The highest BCUT2D eigenvalue weighted by molar-refractivity contribution is 14.1. The molecule has 0 fully saturated rings. The van der Waals surface area contributed by atoms with Gasteiger partial charge in [-0.1, -0.05) is 12.1 Å². The van der Waals surface area contributed by atoms with Crippen LogP contribution in [0.1, 0.15) is 5.56 Å². The van der Waals surface area contributed by atoms with Crippen LogP contribution in [0.25, 0.3) is 0 Å². The van der Waals surface area contributed by atoms with Crippen molar-refractivity contribution in [2.24, 2.45) is 0 Å². The first-order valence-corrected chi connectivity index (χ1v) is 9.09. The summed E-state index contributed by atoms with van der Waals surface area (Å²) in [5, 5.41) is 3.07. The molecule has 6 heteroatoms. The summed E-state index contributed by atoms with van der Waals surface area (Å²) in [5.74, 6) is 0. The van der Waals surface area contributed by atoms with E-state index in [1.54, 1.807) is 24.3 Å². The molecule has 0 spiro atoms. The third-order valence-corrected chi connectivity index (χ3v) is 5.11. The number of sulfonamides is 1. The molecule has 2 aromatic carbocycles. The maximum Gasteiger partial charge on any atom is 0.261 e. The number of likely N-dealkylation sites (N-methyl/N-ethyl adjacent to an activating group) is 1. The Balaban J connectivity index is 2.13. The average Bonchev–Trinajstić information content (AvgIpc) is 2.48. The number of hydrogen-bond donors (Lipinski definition) is 2. The van der Waals surface area contributed by atoms with Gasteiger partial charge in [0, 0.05) is 9.26 Å². The van der Waals surface area contributed by atoms with Gasteiger partial charge in [0.05, 0.1) is 4.90 Å². The van der Waals surface area contributed by atoms with Gasteiger partial charge >= 0.3 is 0 Å². The zero-order chi connectivity index (χ0) is 15.3. The van der Waals surface area contributed by atoms with Gasteiger partial charge in [-0.3, -0.25) is 4.72 Å². The monoisotopic (exact) mass is 416 g/mol. The van der Waals surface area contributed by atoms with Crippen LogP contribution in [0, 0.1) is 3.57 Å². The zero-order valence-corrected chi connectivity index (χ0v) is 14.6. The van der Waals surface area contributed by atoms with Crippen molar-refractivity contribution >= 4 is 38.3 Å². The van der Waals surface area contributed by atoms with Crippen LogP contribution >= 0.6 is 22.6 Å². The summed E-state index contributed by atoms with van der Waals surface area (Å²) in [5.41, 5.74) is 1.67. The molecule has 2 N–H and O–H groups in total. The topological polar surface area (TPSA) is 58.2 Å². The Morgan fingerprint density at radius 3 is 2.19 bits per heavy atom. The second-order valence-electron chi connectivity index (χ2n) is 4.61. The van der Waals surface area contributed by atoms with Crippen molar-refractivity contribution < 1.29 is 8.42 Å². The Morgan fingerprint density at radius 1 is 1.00 bits per heavy atom. The van der Waals surface area contributed by atoms with E-state index >= 15 is 0 Å². The van der Waals surface area contributed by atoms with E-state index in [2.05, 4.69) is 32.6 Å². The highest BCUT2D eigenvalue weighted by Crippen LogP contribution is 2.18. The maximum atomic E-state index is 12.3. The molecular weight excluding hydrogens is 399 g/mol. The van der Waals surface area contributed by atoms with Crippen molar-refractivity contribution in [2.75, 3.05) is 18.3 Å². The number of benzene rings is 2. The quantitative estimate of drug-likeness (QED) is 0.713. The molecule has 0 aromatic heterocycles. The van der Waals surface area contributed by atoms with E-state index < -0.39 is 10.0 Å². The molecule has 4 nitrogen and oxygen atoms in total. The number of nitrogens with one attached hydrogen (secondary N) is 2. The van der Waals surface area contributed by atoms with Crippen molar-refractivity contribution in [1.82, 2.24) is 5.32 Å². The molecule has 0 radical (unpaired) electrons. The Kier molecular flexibility index (Phi) is 5.60. The summed E-state index contributed by atoms with van der Waals surface area (Å²) in [6.07, 6.45) is 0.876. The molecule has 0 saturated carbocycles. The van der Waals surface area contributed by atoms with E-state index in [1.807, 2.05) is 31.3 Å². The van der Waals surface area contributed by atoms with Gasteiger partial charge in [0.2, 0.25) is 0 Å². The van der Waals surface area contributed by atoms with Crippen molar-refractivity contribution in [1.29, 1.82) is 0 Å². The molecule has 21 heavy (non-hydrogen) atoms. The van der Waals surface area contributed by atoms with Crippen LogP contribution in [0.2, 0.25) is 0 Å². The van der Waals surface area contributed by atoms with Crippen LogP contribution < -0.4 is 10.0 Å². The Hall–Kier alpha value is -1.12. The van der Waals surface area contributed by atoms with Gasteiger partial charge in [0.1, 0.15) is 0 Å². The Morgan fingerprint density at radius 2 is 1.62 bits per heavy atom. The highest BCUT2D eigenvalue weighted by Gasteiger charge is 2.13. The smallest absolute Gasteiger partial charge is 0.261 e.